The van der Waals surface area contributed by atoms with Gasteiger partial charge >= 0.3 is 11.9 Å². The summed E-state index contributed by atoms with van der Waals surface area (Å²) in [5, 5.41) is 12.8. The van der Waals surface area contributed by atoms with Gasteiger partial charge in [0.25, 0.3) is 0 Å². The fourth-order valence-electron chi connectivity index (χ4n) is 3.42. The van der Waals surface area contributed by atoms with E-state index < -0.39 is 11.6 Å². The van der Waals surface area contributed by atoms with Gasteiger partial charge in [0.1, 0.15) is 5.60 Å². The second-order valence-corrected chi connectivity index (χ2v) is 8.41. The Morgan fingerprint density at radius 3 is 2.42 bits per heavy atom. The molecule has 1 saturated carbocycles. The number of ether oxygens (including phenoxy) is 1. The Kier molecular flexibility index (Phi) is 8.57. The van der Waals surface area contributed by atoms with E-state index in [-0.39, 0.29) is 17.8 Å². The summed E-state index contributed by atoms with van der Waals surface area (Å²) in [6.07, 6.45) is 5.70. The SMILES string of the molecule is CC(C)(C)OC(=O)CCC1(CC(=O)O)CCC(NCCCS)CC1. The van der Waals surface area contributed by atoms with Crippen LogP contribution in [0.2, 0.25) is 0 Å². The molecule has 2 N–H and O–H groups in total. The first-order valence-corrected chi connectivity index (χ1v) is 9.57. The van der Waals surface area contributed by atoms with Crippen LogP contribution in [0, 0.1) is 5.41 Å². The highest BCUT2D eigenvalue weighted by Crippen LogP contribution is 2.43. The maximum atomic E-state index is 12.0. The maximum Gasteiger partial charge on any atom is 0.306 e. The normalized spacial score (nSPS) is 24.6. The van der Waals surface area contributed by atoms with Crippen molar-refractivity contribution in [2.45, 2.75) is 83.8 Å². The molecule has 1 aliphatic rings. The average Bonchev–Trinajstić information content (AvgIpc) is 2.45. The van der Waals surface area contributed by atoms with Crippen LogP contribution in [-0.2, 0) is 14.3 Å². The molecular formula is C18H33NO4S. The van der Waals surface area contributed by atoms with Gasteiger partial charge in [-0.2, -0.15) is 12.6 Å². The number of carboxylic acid groups (broad SMARTS) is 1. The van der Waals surface area contributed by atoms with Gasteiger partial charge in [-0.15, -0.1) is 0 Å². The summed E-state index contributed by atoms with van der Waals surface area (Å²) in [5.41, 5.74) is -0.768. The van der Waals surface area contributed by atoms with Crippen LogP contribution in [-0.4, -0.2) is 41.0 Å². The Balaban J connectivity index is 2.53. The first kappa shape index (κ1) is 21.3. The number of nitrogens with one attached hydrogen (secondary N) is 1. The van der Waals surface area contributed by atoms with Crippen LogP contribution < -0.4 is 5.32 Å². The summed E-state index contributed by atoms with van der Waals surface area (Å²) in [5.74, 6) is -0.138. The minimum Gasteiger partial charge on any atom is -0.481 e. The van der Waals surface area contributed by atoms with Crippen molar-refractivity contribution in [3.05, 3.63) is 0 Å². The van der Waals surface area contributed by atoms with Gasteiger partial charge in [0.2, 0.25) is 0 Å². The lowest BCUT2D eigenvalue weighted by molar-refractivity contribution is -0.156. The molecule has 0 atom stereocenters. The number of carboxylic acids is 1. The fraction of sp³-hybridized carbons (Fsp3) is 0.889. The number of thiol groups is 1. The largest absolute Gasteiger partial charge is 0.481 e. The molecule has 0 aromatic heterocycles. The molecule has 0 bridgehead atoms. The van der Waals surface area contributed by atoms with Crippen molar-refractivity contribution in [1.82, 2.24) is 5.32 Å². The predicted octanol–water partition coefficient (Wildman–Crippen LogP) is 3.42. The number of rotatable bonds is 9. The molecule has 0 unspecified atom stereocenters. The molecule has 0 radical (unpaired) electrons. The summed E-state index contributed by atoms with van der Waals surface area (Å²) in [7, 11) is 0. The third-order valence-electron chi connectivity index (χ3n) is 4.62. The molecule has 5 nitrogen and oxygen atoms in total. The van der Waals surface area contributed by atoms with Gasteiger partial charge in [0, 0.05) is 12.5 Å². The molecule has 0 heterocycles. The van der Waals surface area contributed by atoms with Crippen molar-refractivity contribution in [2.75, 3.05) is 12.3 Å². The molecule has 24 heavy (non-hydrogen) atoms. The van der Waals surface area contributed by atoms with Crippen LogP contribution in [0.1, 0.15) is 72.1 Å². The van der Waals surface area contributed by atoms with Gasteiger partial charge < -0.3 is 15.2 Å². The molecule has 6 heteroatoms. The highest BCUT2D eigenvalue weighted by molar-refractivity contribution is 7.80. The smallest absolute Gasteiger partial charge is 0.306 e. The molecule has 0 spiro atoms. The zero-order chi connectivity index (χ0) is 18.2. The maximum absolute atomic E-state index is 12.0. The Morgan fingerprint density at radius 1 is 1.29 bits per heavy atom. The molecular weight excluding hydrogens is 326 g/mol. The highest BCUT2D eigenvalue weighted by atomic mass is 32.1. The van der Waals surface area contributed by atoms with Gasteiger partial charge in [0.15, 0.2) is 0 Å². The van der Waals surface area contributed by atoms with Gasteiger partial charge in [0.05, 0.1) is 6.42 Å². The number of carbonyl (C=O) groups excluding carboxylic acids is 1. The fourth-order valence-corrected chi connectivity index (χ4v) is 3.57. The van der Waals surface area contributed by atoms with E-state index in [0.717, 1.165) is 44.4 Å². The number of esters is 1. The zero-order valence-electron chi connectivity index (χ0n) is 15.3. The monoisotopic (exact) mass is 359 g/mol. The second-order valence-electron chi connectivity index (χ2n) is 7.96. The Hall–Kier alpha value is -0.750. The molecule has 140 valence electrons. The lowest BCUT2D eigenvalue weighted by Gasteiger charge is -2.39. The van der Waals surface area contributed by atoms with E-state index in [1.165, 1.54) is 0 Å². The first-order chi connectivity index (χ1) is 11.2. The van der Waals surface area contributed by atoms with E-state index in [9.17, 15) is 14.7 Å². The van der Waals surface area contributed by atoms with E-state index in [1.54, 1.807) is 0 Å². The zero-order valence-corrected chi connectivity index (χ0v) is 16.2. The number of carbonyl (C=O) groups is 2. The van der Waals surface area contributed by atoms with E-state index in [4.69, 9.17) is 4.74 Å². The number of hydrogen-bond donors (Lipinski definition) is 3. The summed E-state index contributed by atoms with van der Waals surface area (Å²) >= 11 is 4.21. The molecule has 0 saturated heterocycles. The Bertz CT molecular complexity index is 412. The van der Waals surface area contributed by atoms with Crippen molar-refractivity contribution >= 4 is 24.6 Å². The number of hydrogen-bond acceptors (Lipinski definition) is 5. The average molecular weight is 360 g/mol. The number of aliphatic carboxylic acids is 1. The molecule has 0 aromatic rings. The molecule has 1 fully saturated rings. The second kappa shape index (κ2) is 9.66. The van der Waals surface area contributed by atoms with Crippen LogP contribution in [0.3, 0.4) is 0 Å². The third-order valence-corrected chi connectivity index (χ3v) is 4.94. The molecule has 0 aliphatic heterocycles. The molecule has 1 aliphatic carbocycles. The van der Waals surface area contributed by atoms with Crippen LogP contribution in [0.5, 0.6) is 0 Å². The Morgan fingerprint density at radius 2 is 1.92 bits per heavy atom. The highest BCUT2D eigenvalue weighted by Gasteiger charge is 2.37. The summed E-state index contributed by atoms with van der Waals surface area (Å²) in [4.78, 5) is 23.3. The van der Waals surface area contributed by atoms with Gasteiger partial charge in [-0.3, -0.25) is 9.59 Å². The quantitative estimate of drug-likeness (QED) is 0.334. The van der Waals surface area contributed by atoms with Crippen LogP contribution in [0.25, 0.3) is 0 Å². The van der Waals surface area contributed by atoms with Crippen molar-refractivity contribution in [1.29, 1.82) is 0 Å². The summed E-state index contributed by atoms with van der Waals surface area (Å²) in [6, 6.07) is 0.452. The minimum absolute atomic E-state index is 0.138. The topological polar surface area (TPSA) is 75.6 Å². The van der Waals surface area contributed by atoms with E-state index >= 15 is 0 Å². The van der Waals surface area contributed by atoms with Crippen molar-refractivity contribution in [2.24, 2.45) is 5.41 Å². The van der Waals surface area contributed by atoms with Crippen molar-refractivity contribution < 1.29 is 19.4 Å². The lowest BCUT2D eigenvalue weighted by Crippen LogP contribution is -2.39. The lowest BCUT2D eigenvalue weighted by atomic mass is 9.68. The summed E-state index contributed by atoms with van der Waals surface area (Å²) in [6.45, 7) is 6.50. The predicted molar refractivity (Wildman–Crippen MR) is 98.5 cm³/mol. The summed E-state index contributed by atoms with van der Waals surface area (Å²) < 4.78 is 5.36. The van der Waals surface area contributed by atoms with E-state index in [2.05, 4.69) is 17.9 Å². The first-order valence-electron chi connectivity index (χ1n) is 8.94. The Labute approximate surface area is 151 Å². The molecule has 0 aromatic carbocycles. The van der Waals surface area contributed by atoms with Gasteiger partial charge in [-0.25, -0.2) is 0 Å². The third kappa shape index (κ3) is 8.38. The van der Waals surface area contributed by atoms with E-state index in [0.29, 0.717) is 18.9 Å². The van der Waals surface area contributed by atoms with E-state index in [1.807, 2.05) is 20.8 Å². The van der Waals surface area contributed by atoms with Crippen LogP contribution in [0.4, 0.5) is 0 Å². The molecule has 1 rings (SSSR count). The van der Waals surface area contributed by atoms with Crippen LogP contribution in [0.15, 0.2) is 0 Å². The van der Waals surface area contributed by atoms with Crippen molar-refractivity contribution in [3.8, 4) is 0 Å². The van der Waals surface area contributed by atoms with Gasteiger partial charge in [-0.05, 0) is 77.0 Å². The van der Waals surface area contributed by atoms with Gasteiger partial charge in [-0.1, -0.05) is 0 Å². The van der Waals surface area contributed by atoms with Crippen molar-refractivity contribution in [3.63, 3.8) is 0 Å². The standard InChI is InChI=1S/C18H33NO4S/c1-17(2,3)23-16(22)7-10-18(13-15(20)21)8-5-14(6-9-18)19-11-4-12-24/h14,19,24H,4-13H2,1-3H3,(H,20,21). The minimum atomic E-state index is -0.777. The molecule has 0 amide bonds. The van der Waals surface area contributed by atoms with Crippen LogP contribution >= 0.6 is 12.6 Å².